The van der Waals surface area contributed by atoms with Gasteiger partial charge in [-0.05, 0) is 38.8 Å². The Labute approximate surface area is 119 Å². The first-order valence-corrected chi connectivity index (χ1v) is 7.31. The van der Waals surface area contributed by atoms with Gasteiger partial charge in [0.1, 0.15) is 5.76 Å². The molecule has 2 atom stereocenters. The quantitative estimate of drug-likeness (QED) is 0.822. The van der Waals surface area contributed by atoms with Crippen molar-refractivity contribution >= 4 is 11.7 Å². The average molecular weight is 280 g/mol. The van der Waals surface area contributed by atoms with Gasteiger partial charge in [-0.3, -0.25) is 9.69 Å². The maximum atomic E-state index is 12.1. The highest BCUT2D eigenvalue weighted by Crippen LogP contribution is 2.29. The number of carbonyl (C=O) groups excluding carboxylic acids is 1. The standard InChI is InChI=1S/C14H24N4O2/c1-3-18(12-6-4-5-11(12)8-15)9-14(19)16-13-7-10(2)20-17-13/h7,11-12H,3-6,8-9,15H2,1-2H3,(H,16,17,19). The maximum absolute atomic E-state index is 12.1. The number of hydrogen-bond donors (Lipinski definition) is 2. The Kier molecular flexibility index (Phi) is 5.14. The molecule has 0 aliphatic heterocycles. The zero-order valence-corrected chi connectivity index (χ0v) is 12.3. The minimum Gasteiger partial charge on any atom is -0.360 e. The first-order valence-electron chi connectivity index (χ1n) is 7.31. The summed E-state index contributed by atoms with van der Waals surface area (Å²) in [5.74, 6) is 1.62. The van der Waals surface area contributed by atoms with Gasteiger partial charge in [0.2, 0.25) is 5.91 Å². The van der Waals surface area contributed by atoms with Crippen LogP contribution in [0.5, 0.6) is 0 Å². The van der Waals surface area contributed by atoms with Gasteiger partial charge in [-0.1, -0.05) is 18.5 Å². The molecule has 1 aliphatic rings. The van der Waals surface area contributed by atoms with Crippen LogP contribution in [-0.4, -0.2) is 41.6 Å². The van der Waals surface area contributed by atoms with Gasteiger partial charge in [-0.2, -0.15) is 0 Å². The summed E-state index contributed by atoms with van der Waals surface area (Å²) in [7, 11) is 0. The van der Waals surface area contributed by atoms with E-state index in [9.17, 15) is 4.79 Å². The Bertz CT molecular complexity index is 446. The van der Waals surface area contributed by atoms with Gasteiger partial charge >= 0.3 is 0 Å². The van der Waals surface area contributed by atoms with Gasteiger partial charge in [-0.15, -0.1) is 0 Å². The number of nitrogens with zero attached hydrogens (tertiary/aromatic N) is 2. The van der Waals surface area contributed by atoms with Crippen molar-refractivity contribution < 1.29 is 9.32 Å². The van der Waals surface area contributed by atoms with E-state index in [0.29, 0.717) is 36.6 Å². The van der Waals surface area contributed by atoms with E-state index in [1.165, 1.54) is 12.8 Å². The van der Waals surface area contributed by atoms with Crippen LogP contribution in [0.2, 0.25) is 0 Å². The molecule has 0 saturated heterocycles. The van der Waals surface area contributed by atoms with Crippen LogP contribution in [0.15, 0.2) is 10.6 Å². The van der Waals surface area contributed by atoms with Crippen LogP contribution in [0.4, 0.5) is 5.82 Å². The third-order valence-electron chi connectivity index (χ3n) is 4.04. The summed E-state index contributed by atoms with van der Waals surface area (Å²) >= 11 is 0. The van der Waals surface area contributed by atoms with Crippen molar-refractivity contribution in [1.29, 1.82) is 0 Å². The Morgan fingerprint density at radius 2 is 2.40 bits per heavy atom. The normalized spacial score (nSPS) is 22.4. The lowest BCUT2D eigenvalue weighted by molar-refractivity contribution is -0.118. The molecule has 0 bridgehead atoms. The predicted molar refractivity (Wildman–Crippen MR) is 77.3 cm³/mol. The summed E-state index contributed by atoms with van der Waals surface area (Å²) in [4.78, 5) is 14.3. The lowest BCUT2D eigenvalue weighted by Gasteiger charge is -2.31. The molecular weight excluding hydrogens is 256 g/mol. The Morgan fingerprint density at radius 3 is 3.00 bits per heavy atom. The number of rotatable bonds is 6. The average Bonchev–Trinajstić information content (AvgIpc) is 3.04. The van der Waals surface area contributed by atoms with Crippen LogP contribution < -0.4 is 11.1 Å². The molecule has 3 N–H and O–H groups in total. The Balaban J connectivity index is 1.90. The summed E-state index contributed by atoms with van der Waals surface area (Å²) in [6.45, 7) is 5.81. The summed E-state index contributed by atoms with van der Waals surface area (Å²) in [6, 6.07) is 2.14. The number of aryl methyl sites for hydroxylation is 1. The number of aromatic nitrogens is 1. The summed E-state index contributed by atoms with van der Waals surface area (Å²) in [5, 5.41) is 6.54. The second kappa shape index (κ2) is 6.85. The third-order valence-corrected chi connectivity index (χ3v) is 4.04. The van der Waals surface area contributed by atoms with Gasteiger partial charge in [-0.25, -0.2) is 0 Å². The van der Waals surface area contributed by atoms with Gasteiger partial charge < -0.3 is 15.6 Å². The molecular formula is C14H24N4O2. The molecule has 1 aromatic rings. The van der Waals surface area contributed by atoms with Crippen molar-refractivity contribution in [2.45, 2.75) is 39.2 Å². The smallest absolute Gasteiger partial charge is 0.239 e. The molecule has 6 nitrogen and oxygen atoms in total. The fraction of sp³-hybridized carbons (Fsp3) is 0.714. The van der Waals surface area contributed by atoms with E-state index in [0.717, 1.165) is 13.0 Å². The van der Waals surface area contributed by atoms with Crippen molar-refractivity contribution in [3.05, 3.63) is 11.8 Å². The number of hydrogen-bond acceptors (Lipinski definition) is 5. The maximum Gasteiger partial charge on any atom is 0.239 e. The van der Waals surface area contributed by atoms with Crippen LogP contribution in [-0.2, 0) is 4.79 Å². The van der Waals surface area contributed by atoms with Gasteiger partial charge in [0.15, 0.2) is 5.82 Å². The molecule has 0 radical (unpaired) electrons. The molecule has 20 heavy (non-hydrogen) atoms. The SMILES string of the molecule is CCN(CC(=O)Nc1cc(C)on1)C1CCCC1CN. The second-order valence-corrected chi connectivity index (χ2v) is 5.43. The molecule has 1 heterocycles. The van der Waals surface area contributed by atoms with Crippen LogP contribution in [0.1, 0.15) is 31.9 Å². The number of amides is 1. The second-order valence-electron chi connectivity index (χ2n) is 5.43. The Morgan fingerprint density at radius 1 is 1.60 bits per heavy atom. The minimum atomic E-state index is -0.0529. The zero-order chi connectivity index (χ0) is 14.5. The fourth-order valence-electron chi connectivity index (χ4n) is 3.03. The molecule has 1 fully saturated rings. The van der Waals surface area contributed by atoms with Gasteiger partial charge in [0, 0.05) is 12.1 Å². The minimum absolute atomic E-state index is 0.0529. The van der Waals surface area contributed by atoms with Crippen molar-refractivity contribution in [2.24, 2.45) is 11.7 Å². The van der Waals surface area contributed by atoms with E-state index in [1.807, 2.05) is 0 Å². The molecule has 112 valence electrons. The van der Waals surface area contributed by atoms with Gasteiger partial charge in [0.25, 0.3) is 0 Å². The predicted octanol–water partition coefficient (Wildman–Crippen LogP) is 1.37. The number of nitrogens with one attached hydrogen (secondary N) is 1. The molecule has 1 saturated carbocycles. The van der Waals surface area contributed by atoms with Crippen molar-refractivity contribution in [2.75, 3.05) is 25.0 Å². The third kappa shape index (κ3) is 3.58. The highest BCUT2D eigenvalue weighted by Gasteiger charge is 2.31. The van der Waals surface area contributed by atoms with Crippen molar-refractivity contribution in [3.63, 3.8) is 0 Å². The molecule has 2 unspecified atom stereocenters. The Hall–Kier alpha value is -1.40. The number of nitrogens with two attached hydrogens (primary N) is 1. The molecule has 1 aliphatic carbocycles. The topological polar surface area (TPSA) is 84.4 Å². The van der Waals surface area contributed by atoms with E-state index < -0.39 is 0 Å². The summed E-state index contributed by atoms with van der Waals surface area (Å²) in [5.41, 5.74) is 5.82. The van der Waals surface area contributed by atoms with Crippen LogP contribution in [0.3, 0.4) is 0 Å². The fourth-order valence-corrected chi connectivity index (χ4v) is 3.03. The molecule has 1 amide bonds. The van der Waals surface area contributed by atoms with Crippen LogP contribution in [0, 0.1) is 12.8 Å². The first-order chi connectivity index (χ1) is 9.63. The molecule has 2 rings (SSSR count). The molecule has 6 heteroatoms. The number of likely N-dealkylation sites (N-methyl/N-ethyl adjacent to an activating group) is 1. The van der Waals surface area contributed by atoms with Crippen molar-refractivity contribution in [1.82, 2.24) is 10.1 Å². The molecule has 0 aromatic carbocycles. The number of anilines is 1. The molecule has 1 aromatic heterocycles. The van der Waals surface area contributed by atoms with E-state index >= 15 is 0 Å². The van der Waals surface area contributed by atoms with Crippen LogP contribution in [0.25, 0.3) is 0 Å². The first kappa shape index (κ1) is 15.0. The summed E-state index contributed by atoms with van der Waals surface area (Å²) in [6.07, 6.45) is 3.50. The van der Waals surface area contributed by atoms with Crippen LogP contribution >= 0.6 is 0 Å². The van der Waals surface area contributed by atoms with E-state index in [4.69, 9.17) is 10.3 Å². The van der Waals surface area contributed by atoms with Gasteiger partial charge in [0.05, 0.1) is 6.54 Å². The van der Waals surface area contributed by atoms with E-state index in [1.54, 1.807) is 13.0 Å². The monoisotopic (exact) mass is 280 g/mol. The lowest BCUT2D eigenvalue weighted by Crippen LogP contribution is -2.44. The molecule has 0 spiro atoms. The zero-order valence-electron chi connectivity index (χ0n) is 12.3. The van der Waals surface area contributed by atoms with Crippen molar-refractivity contribution in [3.8, 4) is 0 Å². The largest absolute Gasteiger partial charge is 0.360 e. The highest BCUT2D eigenvalue weighted by molar-refractivity contribution is 5.91. The van der Waals surface area contributed by atoms with E-state index in [2.05, 4.69) is 22.3 Å². The van der Waals surface area contributed by atoms with E-state index in [-0.39, 0.29) is 5.91 Å². The lowest BCUT2D eigenvalue weighted by atomic mass is 10.0. The highest BCUT2D eigenvalue weighted by atomic mass is 16.5. The number of carbonyl (C=O) groups is 1. The summed E-state index contributed by atoms with van der Waals surface area (Å²) < 4.78 is 4.94.